The fourth-order valence-electron chi connectivity index (χ4n) is 4.92. The lowest BCUT2D eigenvalue weighted by Gasteiger charge is -2.46. The third-order valence-electron chi connectivity index (χ3n) is 5.60. The Bertz CT molecular complexity index is 582. The fourth-order valence-corrected chi connectivity index (χ4v) is 4.92. The second-order valence-electron chi connectivity index (χ2n) is 6.19. The van der Waals surface area contributed by atoms with Crippen molar-refractivity contribution in [2.75, 3.05) is 0 Å². The Morgan fingerprint density at radius 3 is 1.56 bits per heavy atom. The molecule has 18 heavy (non-hydrogen) atoms. The summed E-state index contributed by atoms with van der Waals surface area (Å²) in [6.07, 6.45) is 2.66. The summed E-state index contributed by atoms with van der Waals surface area (Å²) in [5, 5.41) is 0. The number of hydrogen-bond donors (Lipinski definition) is 0. The standard InChI is InChI=1S/C18H16/c1-3-7-13-11(5-1)9-15-16-10-12-6-2-4-8-14(12)18(16)17(13)15/h1-8,15-18H,9-10H2/t15-,16-,17-,18-/m1/s1. The van der Waals surface area contributed by atoms with Gasteiger partial charge in [-0.3, -0.25) is 0 Å². The molecular formula is C18H16. The van der Waals surface area contributed by atoms with Crippen LogP contribution in [0.1, 0.15) is 34.1 Å². The summed E-state index contributed by atoms with van der Waals surface area (Å²) in [5.41, 5.74) is 6.56. The lowest BCUT2D eigenvalue weighted by Crippen LogP contribution is -2.38. The number of rotatable bonds is 0. The molecule has 4 atom stereocenters. The number of fused-ring (bicyclic) bond motifs is 8. The summed E-state index contributed by atoms with van der Waals surface area (Å²) in [4.78, 5) is 0. The van der Waals surface area contributed by atoms with Crippen molar-refractivity contribution in [2.24, 2.45) is 11.8 Å². The molecule has 0 heteroatoms. The minimum atomic E-state index is 0.829. The van der Waals surface area contributed by atoms with E-state index in [0.717, 1.165) is 23.7 Å². The first-order chi connectivity index (χ1) is 8.93. The molecule has 0 saturated heterocycles. The molecule has 88 valence electrons. The molecule has 0 aliphatic heterocycles. The minimum absolute atomic E-state index is 0.829. The van der Waals surface area contributed by atoms with Crippen molar-refractivity contribution in [3.63, 3.8) is 0 Å². The normalized spacial score (nSPS) is 34.2. The summed E-state index contributed by atoms with van der Waals surface area (Å²) >= 11 is 0. The van der Waals surface area contributed by atoms with Crippen molar-refractivity contribution < 1.29 is 0 Å². The molecule has 2 aromatic rings. The highest BCUT2D eigenvalue weighted by Crippen LogP contribution is 2.66. The zero-order chi connectivity index (χ0) is 11.7. The van der Waals surface area contributed by atoms with E-state index in [1.807, 2.05) is 0 Å². The predicted molar refractivity (Wildman–Crippen MR) is 72.8 cm³/mol. The van der Waals surface area contributed by atoms with Crippen LogP contribution in [0.2, 0.25) is 0 Å². The van der Waals surface area contributed by atoms with E-state index in [4.69, 9.17) is 0 Å². The highest BCUT2D eigenvalue weighted by Gasteiger charge is 2.57. The minimum Gasteiger partial charge on any atom is -0.0620 e. The zero-order valence-corrected chi connectivity index (χ0v) is 10.3. The summed E-state index contributed by atoms with van der Waals surface area (Å²) in [5.74, 6) is 3.52. The maximum Gasteiger partial charge on any atom is -0.00529 e. The van der Waals surface area contributed by atoms with Crippen molar-refractivity contribution in [1.29, 1.82) is 0 Å². The van der Waals surface area contributed by atoms with Crippen molar-refractivity contribution in [2.45, 2.75) is 24.7 Å². The van der Waals surface area contributed by atoms with Gasteiger partial charge in [0.25, 0.3) is 0 Å². The van der Waals surface area contributed by atoms with E-state index in [1.54, 1.807) is 22.3 Å². The van der Waals surface area contributed by atoms with Crippen LogP contribution in [0.15, 0.2) is 48.5 Å². The monoisotopic (exact) mass is 232 g/mol. The Labute approximate surface area is 108 Å². The fraction of sp³-hybridized carbons (Fsp3) is 0.333. The van der Waals surface area contributed by atoms with Crippen LogP contribution in [0.5, 0.6) is 0 Å². The van der Waals surface area contributed by atoms with E-state index < -0.39 is 0 Å². The van der Waals surface area contributed by atoms with Gasteiger partial charge in [0.15, 0.2) is 0 Å². The SMILES string of the molecule is c1ccc2c(c1)C[C@@H]1[C@H]3Cc4ccccc4[C@H]3[C@H]21. The van der Waals surface area contributed by atoms with Gasteiger partial charge < -0.3 is 0 Å². The Morgan fingerprint density at radius 2 is 1.06 bits per heavy atom. The smallest absolute Gasteiger partial charge is 0.00529 e. The van der Waals surface area contributed by atoms with E-state index >= 15 is 0 Å². The Hall–Kier alpha value is -1.56. The van der Waals surface area contributed by atoms with Crippen molar-refractivity contribution in [3.05, 3.63) is 70.8 Å². The molecule has 0 bridgehead atoms. The van der Waals surface area contributed by atoms with Crippen LogP contribution < -0.4 is 0 Å². The molecular weight excluding hydrogens is 216 g/mol. The molecule has 0 spiro atoms. The van der Waals surface area contributed by atoms with Gasteiger partial charge in [0, 0.05) is 0 Å². The highest BCUT2D eigenvalue weighted by molar-refractivity contribution is 5.50. The van der Waals surface area contributed by atoms with Gasteiger partial charge in [-0.05, 0) is 58.8 Å². The highest BCUT2D eigenvalue weighted by atomic mass is 14.6. The van der Waals surface area contributed by atoms with Gasteiger partial charge in [-0.1, -0.05) is 48.5 Å². The van der Waals surface area contributed by atoms with Crippen LogP contribution in [-0.4, -0.2) is 0 Å². The second-order valence-corrected chi connectivity index (χ2v) is 6.19. The van der Waals surface area contributed by atoms with E-state index in [1.165, 1.54) is 12.8 Å². The molecule has 0 aromatic heterocycles. The first kappa shape index (κ1) is 9.38. The topological polar surface area (TPSA) is 0 Å². The molecule has 0 radical (unpaired) electrons. The number of benzene rings is 2. The van der Waals surface area contributed by atoms with Gasteiger partial charge >= 0.3 is 0 Å². The van der Waals surface area contributed by atoms with Crippen LogP contribution >= 0.6 is 0 Å². The van der Waals surface area contributed by atoms with E-state index in [9.17, 15) is 0 Å². The average molecular weight is 232 g/mol. The second kappa shape index (κ2) is 3.06. The van der Waals surface area contributed by atoms with Crippen molar-refractivity contribution in [3.8, 4) is 0 Å². The quantitative estimate of drug-likeness (QED) is 0.646. The summed E-state index contributed by atoms with van der Waals surface area (Å²) in [7, 11) is 0. The van der Waals surface area contributed by atoms with E-state index in [0.29, 0.717) is 0 Å². The van der Waals surface area contributed by atoms with Crippen LogP contribution in [-0.2, 0) is 12.8 Å². The van der Waals surface area contributed by atoms with Crippen molar-refractivity contribution >= 4 is 0 Å². The molecule has 0 unspecified atom stereocenters. The van der Waals surface area contributed by atoms with Gasteiger partial charge in [0.1, 0.15) is 0 Å². The van der Waals surface area contributed by atoms with Crippen LogP contribution in [0.4, 0.5) is 0 Å². The zero-order valence-electron chi connectivity index (χ0n) is 10.3. The molecule has 3 aliphatic carbocycles. The Morgan fingerprint density at radius 1 is 0.611 bits per heavy atom. The van der Waals surface area contributed by atoms with Crippen molar-refractivity contribution in [1.82, 2.24) is 0 Å². The lowest BCUT2D eigenvalue weighted by molar-refractivity contribution is 0.123. The third-order valence-corrected chi connectivity index (χ3v) is 5.60. The summed E-state index contributed by atoms with van der Waals surface area (Å²) < 4.78 is 0. The molecule has 1 saturated carbocycles. The average Bonchev–Trinajstić information content (AvgIpc) is 2.89. The maximum absolute atomic E-state index is 2.37. The molecule has 1 fully saturated rings. The number of hydrogen-bond acceptors (Lipinski definition) is 0. The van der Waals surface area contributed by atoms with Crippen LogP contribution in [0.3, 0.4) is 0 Å². The lowest BCUT2D eigenvalue weighted by atomic mass is 9.57. The Balaban J connectivity index is 1.66. The molecule has 0 amide bonds. The van der Waals surface area contributed by atoms with Gasteiger partial charge in [0.2, 0.25) is 0 Å². The van der Waals surface area contributed by atoms with Gasteiger partial charge in [-0.2, -0.15) is 0 Å². The molecule has 0 N–H and O–H groups in total. The van der Waals surface area contributed by atoms with Crippen LogP contribution in [0, 0.1) is 11.8 Å². The molecule has 0 nitrogen and oxygen atoms in total. The first-order valence-electron chi connectivity index (χ1n) is 7.09. The maximum atomic E-state index is 2.37. The summed E-state index contributed by atoms with van der Waals surface area (Å²) in [6.45, 7) is 0. The van der Waals surface area contributed by atoms with Gasteiger partial charge in [-0.15, -0.1) is 0 Å². The molecule has 0 heterocycles. The first-order valence-corrected chi connectivity index (χ1v) is 7.09. The largest absolute Gasteiger partial charge is 0.0620 e. The Kier molecular flexibility index (Phi) is 1.59. The molecule has 5 rings (SSSR count). The van der Waals surface area contributed by atoms with E-state index in [-0.39, 0.29) is 0 Å². The van der Waals surface area contributed by atoms with E-state index in [2.05, 4.69) is 48.5 Å². The predicted octanol–water partition coefficient (Wildman–Crippen LogP) is 3.91. The van der Waals surface area contributed by atoms with Gasteiger partial charge in [0.05, 0.1) is 0 Å². The van der Waals surface area contributed by atoms with Crippen LogP contribution in [0.25, 0.3) is 0 Å². The molecule has 2 aromatic carbocycles. The third kappa shape index (κ3) is 0.949. The molecule has 3 aliphatic rings. The summed E-state index contributed by atoms with van der Waals surface area (Å²) in [6, 6.07) is 18.3. The van der Waals surface area contributed by atoms with Gasteiger partial charge in [-0.25, -0.2) is 0 Å².